The Labute approximate surface area is 105 Å². The highest BCUT2D eigenvalue weighted by Crippen LogP contribution is 2.41. The van der Waals surface area contributed by atoms with Crippen LogP contribution < -0.4 is 0 Å². The molecular formula is C14H15F2NO. The highest BCUT2D eigenvalue weighted by molar-refractivity contribution is 5.78. The van der Waals surface area contributed by atoms with E-state index in [1.54, 1.807) is 4.90 Å². The molecule has 2 heterocycles. The van der Waals surface area contributed by atoms with Gasteiger partial charge in [-0.3, -0.25) is 4.79 Å². The van der Waals surface area contributed by atoms with E-state index in [1.807, 2.05) is 0 Å². The molecule has 96 valence electrons. The molecule has 2 saturated heterocycles. The maximum atomic E-state index is 13.8. The van der Waals surface area contributed by atoms with Gasteiger partial charge in [-0.05, 0) is 43.9 Å². The fourth-order valence-electron chi connectivity index (χ4n) is 3.24. The van der Waals surface area contributed by atoms with Gasteiger partial charge < -0.3 is 4.90 Å². The average Bonchev–Trinajstić information content (AvgIpc) is 2.77. The molecule has 3 rings (SSSR count). The number of rotatable bonds is 1. The van der Waals surface area contributed by atoms with E-state index < -0.39 is 11.6 Å². The molecule has 0 N–H and O–H groups in total. The van der Waals surface area contributed by atoms with Gasteiger partial charge in [0.15, 0.2) is 0 Å². The zero-order chi connectivity index (χ0) is 12.7. The van der Waals surface area contributed by atoms with Gasteiger partial charge in [-0.2, -0.15) is 0 Å². The summed E-state index contributed by atoms with van der Waals surface area (Å²) in [6.45, 7) is 0. The third-order valence-corrected chi connectivity index (χ3v) is 4.04. The molecule has 0 radical (unpaired) electrons. The Morgan fingerprint density at radius 1 is 1.17 bits per heavy atom. The number of benzene rings is 1. The van der Waals surface area contributed by atoms with Gasteiger partial charge in [-0.1, -0.05) is 0 Å². The summed E-state index contributed by atoms with van der Waals surface area (Å²) in [5, 5.41) is 0. The Balaban J connectivity index is 1.96. The molecule has 0 bridgehead atoms. The third-order valence-electron chi connectivity index (χ3n) is 4.04. The molecule has 0 aliphatic carbocycles. The second-order valence-corrected chi connectivity index (χ2v) is 5.11. The van der Waals surface area contributed by atoms with Crippen molar-refractivity contribution in [1.82, 2.24) is 4.90 Å². The molecule has 2 aliphatic rings. The molecule has 0 unspecified atom stereocenters. The van der Waals surface area contributed by atoms with E-state index in [0.29, 0.717) is 12.0 Å². The Hall–Kier alpha value is -1.45. The van der Waals surface area contributed by atoms with Crippen molar-refractivity contribution in [3.8, 4) is 0 Å². The van der Waals surface area contributed by atoms with Crippen molar-refractivity contribution >= 4 is 5.91 Å². The Kier molecular flexibility index (Phi) is 2.80. The minimum absolute atomic E-state index is 0.0809. The third kappa shape index (κ3) is 1.80. The summed E-state index contributed by atoms with van der Waals surface area (Å²) >= 11 is 0. The number of halogens is 2. The average molecular weight is 251 g/mol. The van der Waals surface area contributed by atoms with Crippen LogP contribution in [0.3, 0.4) is 0 Å². The van der Waals surface area contributed by atoms with E-state index in [9.17, 15) is 13.6 Å². The summed E-state index contributed by atoms with van der Waals surface area (Å²) in [4.78, 5) is 13.7. The number of carbonyl (C=O) groups is 1. The van der Waals surface area contributed by atoms with Gasteiger partial charge in [0.05, 0.1) is 6.04 Å². The highest BCUT2D eigenvalue weighted by Gasteiger charge is 2.40. The number of piperidine rings is 1. The number of carbonyl (C=O) groups excluding carboxylic acids is 1. The van der Waals surface area contributed by atoms with Crippen LogP contribution >= 0.6 is 0 Å². The molecule has 1 aromatic carbocycles. The number of fused-ring (bicyclic) bond motifs is 1. The van der Waals surface area contributed by atoms with Crippen molar-refractivity contribution < 1.29 is 13.6 Å². The number of amides is 1. The van der Waals surface area contributed by atoms with Crippen LogP contribution in [0.1, 0.15) is 43.7 Å². The van der Waals surface area contributed by atoms with Crippen molar-refractivity contribution in [3.05, 3.63) is 35.4 Å². The van der Waals surface area contributed by atoms with Crippen LogP contribution in [0, 0.1) is 11.6 Å². The van der Waals surface area contributed by atoms with Crippen molar-refractivity contribution in [3.63, 3.8) is 0 Å². The summed E-state index contributed by atoms with van der Waals surface area (Å²) < 4.78 is 27.1. The molecule has 4 heteroatoms. The topological polar surface area (TPSA) is 20.3 Å². The van der Waals surface area contributed by atoms with Gasteiger partial charge in [0.25, 0.3) is 0 Å². The van der Waals surface area contributed by atoms with E-state index >= 15 is 0 Å². The summed E-state index contributed by atoms with van der Waals surface area (Å²) in [6, 6.07) is 3.43. The molecule has 2 aliphatic heterocycles. The minimum Gasteiger partial charge on any atom is -0.333 e. The molecule has 1 aromatic rings. The van der Waals surface area contributed by atoms with Gasteiger partial charge in [-0.25, -0.2) is 8.78 Å². The van der Waals surface area contributed by atoms with Crippen molar-refractivity contribution in [2.75, 3.05) is 0 Å². The first-order valence-electron chi connectivity index (χ1n) is 6.43. The first-order chi connectivity index (χ1) is 8.66. The van der Waals surface area contributed by atoms with E-state index in [0.717, 1.165) is 37.8 Å². The lowest BCUT2D eigenvalue weighted by Gasteiger charge is -2.34. The predicted octanol–water partition coefficient (Wildman–Crippen LogP) is 3.18. The molecule has 0 spiro atoms. The van der Waals surface area contributed by atoms with E-state index in [2.05, 4.69) is 0 Å². The van der Waals surface area contributed by atoms with Gasteiger partial charge in [-0.15, -0.1) is 0 Å². The zero-order valence-electron chi connectivity index (χ0n) is 10.0. The summed E-state index contributed by atoms with van der Waals surface area (Å²) in [5.74, 6) is -0.780. The molecule has 0 aromatic heterocycles. The highest BCUT2D eigenvalue weighted by atomic mass is 19.1. The summed E-state index contributed by atoms with van der Waals surface area (Å²) in [7, 11) is 0. The van der Waals surface area contributed by atoms with Gasteiger partial charge in [0.1, 0.15) is 11.6 Å². The normalized spacial score (nSPS) is 27.4. The Morgan fingerprint density at radius 2 is 2.00 bits per heavy atom. The summed E-state index contributed by atoms with van der Waals surface area (Å²) in [6.07, 6.45) is 4.06. The monoisotopic (exact) mass is 251 g/mol. The van der Waals surface area contributed by atoms with Crippen molar-refractivity contribution in [2.24, 2.45) is 0 Å². The van der Waals surface area contributed by atoms with Crippen LogP contribution in [0.4, 0.5) is 8.78 Å². The number of hydrogen-bond donors (Lipinski definition) is 0. The molecule has 18 heavy (non-hydrogen) atoms. The largest absolute Gasteiger partial charge is 0.333 e. The molecule has 2 fully saturated rings. The van der Waals surface area contributed by atoms with Crippen molar-refractivity contribution in [1.29, 1.82) is 0 Å². The first kappa shape index (κ1) is 11.6. The Bertz CT molecular complexity index is 489. The zero-order valence-corrected chi connectivity index (χ0v) is 10.0. The SMILES string of the molecule is O=C1CCC[C@H]2CC[C@@H](c3cc(F)ccc3F)N12. The molecular weight excluding hydrogens is 236 g/mol. The van der Waals surface area contributed by atoms with Crippen LogP contribution in [0.2, 0.25) is 0 Å². The maximum absolute atomic E-state index is 13.8. The lowest BCUT2D eigenvalue weighted by Crippen LogP contribution is -2.40. The summed E-state index contributed by atoms with van der Waals surface area (Å²) in [5.41, 5.74) is 0.327. The molecule has 2 nitrogen and oxygen atoms in total. The van der Waals surface area contributed by atoms with Crippen molar-refractivity contribution in [2.45, 2.75) is 44.2 Å². The van der Waals surface area contributed by atoms with E-state index in [1.165, 1.54) is 6.07 Å². The van der Waals surface area contributed by atoms with Crippen LogP contribution in [-0.4, -0.2) is 16.8 Å². The molecule has 0 saturated carbocycles. The second kappa shape index (κ2) is 4.34. The van der Waals surface area contributed by atoms with Gasteiger partial charge in [0, 0.05) is 18.0 Å². The number of nitrogens with zero attached hydrogens (tertiary/aromatic N) is 1. The van der Waals surface area contributed by atoms with Gasteiger partial charge in [0.2, 0.25) is 5.91 Å². The lowest BCUT2D eigenvalue weighted by molar-refractivity contribution is -0.136. The fraction of sp³-hybridized carbons (Fsp3) is 0.500. The van der Waals surface area contributed by atoms with Crippen LogP contribution in [0.5, 0.6) is 0 Å². The van der Waals surface area contributed by atoms with E-state index in [4.69, 9.17) is 0 Å². The standard InChI is InChI=1S/C14H15F2NO/c15-9-4-6-12(16)11(8-9)13-7-5-10-2-1-3-14(18)17(10)13/h4,6,8,10,13H,1-3,5,7H2/t10-,13-/m0/s1. The Morgan fingerprint density at radius 3 is 2.83 bits per heavy atom. The van der Waals surface area contributed by atoms with Gasteiger partial charge >= 0.3 is 0 Å². The molecule has 1 amide bonds. The predicted molar refractivity (Wildman–Crippen MR) is 62.8 cm³/mol. The minimum atomic E-state index is -0.445. The lowest BCUT2D eigenvalue weighted by atomic mass is 10.0. The molecule has 2 atom stereocenters. The maximum Gasteiger partial charge on any atom is 0.223 e. The van der Waals surface area contributed by atoms with Crippen LogP contribution in [0.15, 0.2) is 18.2 Å². The number of hydrogen-bond acceptors (Lipinski definition) is 1. The smallest absolute Gasteiger partial charge is 0.223 e. The quantitative estimate of drug-likeness (QED) is 0.750. The fourth-order valence-corrected chi connectivity index (χ4v) is 3.24. The van der Waals surface area contributed by atoms with Crippen LogP contribution in [0.25, 0.3) is 0 Å². The van der Waals surface area contributed by atoms with Crippen LogP contribution in [-0.2, 0) is 4.79 Å². The first-order valence-corrected chi connectivity index (χ1v) is 6.43. The second-order valence-electron chi connectivity index (χ2n) is 5.11. The van der Waals surface area contributed by atoms with E-state index in [-0.39, 0.29) is 18.0 Å².